The van der Waals surface area contributed by atoms with Crippen molar-refractivity contribution in [3.05, 3.63) is 29.6 Å². The van der Waals surface area contributed by atoms with E-state index in [1.54, 1.807) is 7.11 Å². The first-order chi connectivity index (χ1) is 8.17. The van der Waals surface area contributed by atoms with E-state index in [1.807, 2.05) is 0 Å². The summed E-state index contributed by atoms with van der Waals surface area (Å²) in [5, 5.41) is 3.21. The average Bonchev–Trinajstić information content (AvgIpc) is 2.35. The molecule has 1 aromatic rings. The van der Waals surface area contributed by atoms with Crippen molar-refractivity contribution in [2.75, 3.05) is 20.2 Å². The highest BCUT2D eigenvalue weighted by Crippen LogP contribution is 2.28. The summed E-state index contributed by atoms with van der Waals surface area (Å²) in [6.45, 7) is 1.62. The highest BCUT2D eigenvalue weighted by atomic mass is 19.1. The third kappa shape index (κ3) is 2.61. The molecular weight excluding hydrogens is 226 g/mol. The number of aromatic nitrogens is 1. The number of methoxy groups -OCH3 is 1. The van der Waals surface area contributed by atoms with Crippen LogP contribution in [-0.4, -0.2) is 30.8 Å². The smallest absolute Gasteiger partial charge is 0.147 e. The van der Waals surface area contributed by atoms with Gasteiger partial charge in [-0.3, -0.25) is 4.98 Å². The van der Waals surface area contributed by atoms with E-state index in [1.165, 1.54) is 0 Å². The molecule has 1 aliphatic heterocycles. The first-order valence-corrected chi connectivity index (χ1v) is 5.71. The zero-order valence-electron chi connectivity index (χ0n) is 9.80. The minimum atomic E-state index is -0.597. The molecule has 0 atom stereocenters. The van der Waals surface area contributed by atoms with E-state index in [4.69, 9.17) is 4.74 Å². The van der Waals surface area contributed by atoms with Crippen LogP contribution < -0.4 is 5.32 Å². The van der Waals surface area contributed by atoms with Crippen molar-refractivity contribution in [2.45, 2.75) is 24.9 Å². The maximum atomic E-state index is 13.5. The maximum absolute atomic E-state index is 13.5. The number of piperidine rings is 1. The lowest BCUT2D eigenvalue weighted by molar-refractivity contribution is -0.0345. The standard InChI is InChI=1S/C12H16F2N2O/c1-17-12(2-4-15-5-3-12)6-9-10(13)7-16-8-11(9)14/h7-8,15H,2-6H2,1H3. The summed E-state index contributed by atoms with van der Waals surface area (Å²) in [6.07, 6.45) is 3.85. The van der Waals surface area contributed by atoms with Crippen LogP contribution in [-0.2, 0) is 11.2 Å². The fourth-order valence-electron chi connectivity index (χ4n) is 2.26. The second-order valence-electron chi connectivity index (χ2n) is 4.40. The monoisotopic (exact) mass is 242 g/mol. The summed E-state index contributed by atoms with van der Waals surface area (Å²) < 4.78 is 32.6. The summed E-state index contributed by atoms with van der Waals surface area (Å²) in [5.74, 6) is -1.19. The molecule has 2 rings (SSSR count). The Morgan fingerprint density at radius 3 is 2.41 bits per heavy atom. The molecule has 1 saturated heterocycles. The second-order valence-corrected chi connectivity index (χ2v) is 4.40. The molecule has 0 spiro atoms. The first kappa shape index (κ1) is 12.4. The molecule has 0 bridgehead atoms. The van der Waals surface area contributed by atoms with E-state index in [0.29, 0.717) is 0 Å². The summed E-state index contributed by atoms with van der Waals surface area (Å²) in [7, 11) is 1.60. The Morgan fingerprint density at radius 1 is 1.29 bits per heavy atom. The minimum absolute atomic E-state index is 0.0729. The van der Waals surface area contributed by atoms with E-state index >= 15 is 0 Å². The van der Waals surface area contributed by atoms with Gasteiger partial charge in [0.1, 0.15) is 11.6 Å². The fraction of sp³-hybridized carbons (Fsp3) is 0.583. The molecule has 5 heteroatoms. The van der Waals surface area contributed by atoms with Crippen molar-refractivity contribution in [2.24, 2.45) is 0 Å². The van der Waals surface area contributed by atoms with Crippen LogP contribution in [0.4, 0.5) is 8.78 Å². The van der Waals surface area contributed by atoms with Crippen LogP contribution >= 0.6 is 0 Å². The fourth-order valence-corrected chi connectivity index (χ4v) is 2.26. The molecule has 0 aromatic carbocycles. The van der Waals surface area contributed by atoms with Crippen molar-refractivity contribution < 1.29 is 13.5 Å². The van der Waals surface area contributed by atoms with Gasteiger partial charge in [0, 0.05) is 19.1 Å². The van der Waals surface area contributed by atoms with Gasteiger partial charge in [-0.25, -0.2) is 8.78 Å². The molecule has 1 N–H and O–H groups in total. The molecule has 0 saturated carbocycles. The highest BCUT2D eigenvalue weighted by molar-refractivity contribution is 5.18. The average molecular weight is 242 g/mol. The summed E-state index contributed by atoms with van der Waals surface area (Å²) in [4.78, 5) is 3.48. The molecule has 0 aliphatic carbocycles. The van der Waals surface area contributed by atoms with Crippen LogP contribution in [0.15, 0.2) is 12.4 Å². The molecule has 94 valence electrons. The quantitative estimate of drug-likeness (QED) is 0.875. The van der Waals surface area contributed by atoms with Gasteiger partial charge in [0.15, 0.2) is 0 Å². The molecule has 0 radical (unpaired) electrons. The van der Waals surface area contributed by atoms with Gasteiger partial charge in [0.2, 0.25) is 0 Å². The van der Waals surface area contributed by atoms with Crippen LogP contribution in [0, 0.1) is 11.6 Å². The second kappa shape index (κ2) is 5.06. The van der Waals surface area contributed by atoms with Gasteiger partial charge in [-0.2, -0.15) is 0 Å². The number of rotatable bonds is 3. The molecule has 0 amide bonds. The van der Waals surface area contributed by atoms with Crippen molar-refractivity contribution in [1.29, 1.82) is 0 Å². The maximum Gasteiger partial charge on any atom is 0.147 e. The largest absolute Gasteiger partial charge is 0.378 e. The number of hydrogen-bond acceptors (Lipinski definition) is 3. The topological polar surface area (TPSA) is 34.1 Å². The predicted octanol–water partition coefficient (Wildman–Crippen LogP) is 1.67. The highest BCUT2D eigenvalue weighted by Gasteiger charge is 2.33. The zero-order valence-corrected chi connectivity index (χ0v) is 9.80. The predicted molar refractivity (Wildman–Crippen MR) is 59.7 cm³/mol. The lowest BCUT2D eigenvalue weighted by atomic mass is 9.85. The number of nitrogens with one attached hydrogen (secondary N) is 1. The van der Waals surface area contributed by atoms with Crippen molar-refractivity contribution in [3.63, 3.8) is 0 Å². The Balaban J connectivity index is 2.23. The molecule has 3 nitrogen and oxygen atoms in total. The van der Waals surface area contributed by atoms with Crippen LogP contribution in [0.1, 0.15) is 18.4 Å². The Kier molecular flexibility index (Phi) is 3.69. The van der Waals surface area contributed by atoms with Crippen LogP contribution in [0.5, 0.6) is 0 Å². The zero-order chi connectivity index (χ0) is 12.3. The Hall–Kier alpha value is -1.07. The molecule has 0 unspecified atom stereocenters. The van der Waals surface area contributed by atoms with Gasteiger partial charge in [-0.15, -0.1) is 0 Å². The van der Waals surface area contributed by atoms with E-state index in [2.05, 4.69) is 10.3 Å². The molecule has 17 heavy (non-hydrogen) atoms. The number of hydrogen-bond donors (Lipinski definition) is 1. The SMILES string of the molecule is COC1(Cc2c(F)cncc2F)CCNCC1. The molecule has 1 aliphatic rings. The first-order valence-electron chi connectivity index (χ1n) is 5.71. The number of nitrogens with zero attached hydrogens (tertiary/aromatic N) is 1. The third-order valence-corrected chi connectivity index (χ3v) is 3.40. The summed E-state index contributed by atoms with van der Waals surface area (Å²) >= 11 is 0. The van der Waals surface area contributed by atoms with E-state index in [-0.39, 0.29) is 12.0 Å². The normalized spacial score (nSPS) is 19.2. The van der Waals surface area contributed by atoms with E-state index < -0.39 is 17.2 Å². The lowest BCUT2D eigenvalue weighted by Gasteiger charge is -2.36. The van der Waals surface area contributed by atoms with Crippen molar-refractivity contribution in [1.82, 2.24) is 10.3 Å². The van der Waals surface area contributed by atoms with Crippen LogP contribution in [0.3, 0.4) is 0 Å². The number of ether oxygens (including phenoxy) is 1. The Bertz CT molecular complexity index is 372. The number of halogens is 2. The summed E-state index contributed by atoms with van der Waals surface area (Å²) in [5.41, 5.74) is -0.391. The van der Waals surface area contributed by atoms with Gasteiger partial charge >= 0.3 is 0 Å². The third-order valence-electron chi connectivity index (χ3n) is 3.40. The molecule has 2 heterocycles. The van der Waals surface area contributed by atoms with Crippen LogP contribution in [0.25, 0.3) is 0 Å². The molecular formula is C12H16F2N2O. The van der Waals surface area contributed by atoms with Gasteiger partial charge in [-0.05, 0) is 25.9 Å². The van der Waals surface area contributed by atoms with Gasteiger partial charge in [0.25, 0.3) is 0 Å². The Labute approximate surface area is 99.2 Å². The van der Waals surface area contributed by atoms with Gasteiger partial charge < -0.3 is 10.1 Å². The van der Waals surface area contributed by atoms with Gasteiger partial charge in [-0.1, -0.05) is 0 Å². The van der Waals surface area contributed by atoms with Gasteiger partial charge in [0.05, 0.1) is 18.0 Å². The van der Waals surface area contributed by atoms with Crippen molar-refractivity contribution in [3.8, 4) is 0 Å². The Morgan fingerprint density at radius 2 is 1.88 bits per heavy atom. The minimum Gasteiger partial charge on any atom is -0.378 e. The van der Waals surface area contributed by atoms with E-state index in [0.717, 1.165) is 38.3 Å². The molecule has 1 fully saturated rings. The lowest BCUT2D eigenvalue weighted by Crippen LogP contribution is -2.45. The van der Waals surface area contributed by atoms with Crippen LogP contribution in [0.2, 0.25) is 0 Å². The molecule has 1 aromatic heterocycles. The van der Waals surface area contributed by atoms with Crippen molar-refractivity contribution >= 4 is 0 Å². The number of pyridine rings is 1. The van der Waals surface area contributed by atoms with E-state index in [9.17, 15) is 8.78 Å². The summed E-state index contributed by atoms with van der Waals surface area (Å²) in [6, 6.07) is 0.